The monoisotopic (exact) mass is 351 g/mol. The third-order valence-corrected chi connectivity index (χ3v) is 5.17. The topological polar surface area (TPSA) is 28.2 Å². The zero-order chi connectivity index (χ0) is 17.1. The number of halogens is 1. The van der Waals surface area contributed by atoms with Crippen molar-refractivity contribution < 1.29 is 0 Å². The first-order valence-corrected chi connectivity index (χ1v) is 9.21. The zero-order valence-electron chi connectivity index (χ0n) is 14.2. The summed E-state index contributed by atoms with van der Waals surface area (Å²) in [6.07, 6.45) is 6.10. The number of hydrogen-bond donors (Lipinski definition) is 1. The third-order valence-electron chi connectivity index (χ3n) is 4.92. The highest BCUT2D eigenvalue weighted by Crippen LogP contribution is 2.22. The molecule has 0 aliphatic carbocycles. The Kier molecular flexibility index (Phi) is 4.86. The van der Waals surface area contributed by atoms with Crippen LogP contribution in [-0.2, 0) is 6.54 Å². The molecule has 1 aliphatic rings. The molecule has 0 radical (unpaired) electrons. The minimum absolute atomic E-state index is 0.542. The van der Waals surface area contributed by atoms with E-state index in [0.29, 0.717) is 6.04 Å². The summed E-state index contributed by atoms with van der Waals surface area (Å²) in [6.45, 7) is 3.25. The largest absolute Gasteiger partial charge is 0.382 e. The molecule has 2 aromatic carbocycles. The van der Waals surface area contributed by atoms with Gasteiger partial charge >= 0.3 is 0 Å². The van der Waals surface area contributed by atoms with E-state index >= 15 is 0 Å². The molecule has 1 aromatic heterocycles. The van der Waals surface area contributed by atoms with Gasteiger partial charge in [0, 0.05) is 54.2 Å². The maximum atomic E-state index is 5.96. The Morgan fingerprint density at radius 3 is 2.60 bits per heavy atom. The summed E-state index contributed by atoms with van der Waals surface area (Å²) in [7, 11) is 0. The second kappa shape index (κ2) is 7.42. The molecule has 128 valence electrons. The molecule has 1 fully saturated rings. The Balaban J connectivity index is 1.32. The summed E-state index contributed by atoms with van der Waals surface area (Å²) < 4.78 is 0. The van der Waals surface area contributed by atoms with Gasteiger partial charge in [-0.1, -0.05) is 29.8 Å². The van der Waals surface area contributed by atoms with Crippen molar-refractivity contribution in [1.82, 2.24) is 9.88 Å². The second-order valence-corrected chi connectivity index (χ2v) is 7.20. The van der Waals surface area contributed by atoms with Gasteiger partial charge in [-0.15, -0.1) is 0 Å². The van der Waals surface area contributed by atoms with Crippen LogP contribution in [0.5, 0.6) is 0 Å². The number of fused-ring (bicyclic) bond motifs is 1. The van der Waals surface area contributed by atoms with Crippen LogP contribution < -0.4 is 5.32 Å². The van der Waals surface area contributed by atoms with E-state index in [1.54, 1.807) is 0 Å². The number of hydrogen-bond acceptors (Lipinski definition) is 3. The molecular weight excluding hydrogens is 330 g/mol. The van der Waals surface area contributed by atoms with Crippen molar-refractivity contribution in [2.75, 3.05) is 18.4 Å². The molecule has 0 amide bonds. The summed E-state index contributed by atoms with van der Waals surface area (Å²) in [4.78, 5) is 6.69. The van der Waals surface area contributed by atoms with Crippen LogP contribution in [0.4, 0.5) is 5.69 Å². The highest BCUT2D eigenvalue weighted by molar-refractivity contribution is 6.30. The molecule has 1 N–H and O–H groups in total. The fourth-order valence-electron chi connectivity index (χ4n) is 3.49. The van der Waals surface area contributed by atoms with E-state index in [1.807, 2.05) is 24.5 Å². The van der Waals surface area contributed by atoms with Crippen LogP contribution in [0.2, 0.25) is 5.02 Å². The highest BCUT2D eigenvalue weighted by Gasteiger charge is 2.19. The van der Waals surface area contributed by atoms with Crippen molar-refractivity contribution in [3.8, 4) is 0 Å². The summed E-state index contributed by atoms with van der Waals surface area (Å²) in [6, 6.07) is 17.3. The van der Waals surface area contributed by atoms with Gasteiger partial charge in [0.25, 0.3) is 0 Å². The number of aromatic nitrogens is 1. The van der Waals surface area contributed by atoms with Crippen molar-refractivity contribution in [2.45, 2.75) is 25.4 Å². The summed E-state index contributed by atoms with van der Waals surface area (Å²) in [5.41, 5.74) is 2.54. The first-order chi connectivity index (χ1) is 12.3. The zero-order valence-corrected chi connectivity index (χ0v) is 14.9. The van der Waals surface area contributed by atoms with E-state index in [1.165, 1.54) is 34.9 Å². The molecule has 2 heterocycles. The van der Waals surface area contributed by atoms with Crippen molar-refractivity contribution >= 4 is 28.1 Å². The molecule has 0 atom stereocenters. The molecule has 3 aromatic rings. The number of benzene rings is 2. The average Bonchev–Trinajstić information content (AvgIpc) is 2.65. The second-order valence-electron chi connectivity index (χ2n) is 6.76. The molecule has 0 saturated carbocycles. The van der Waals surface area contributed by atoms with Crippen LogP contribution in [0.3, 0.4) is 0 Å². The van der Waals surface area contributed by atoms with E-state index in [0.717, 1.165) is 24.7 Å². The quantitative estimate of drug-likeness (QED) is 0.719. The molecule has 1 saturated heterocycles. The molecule has 0 bridgehead atoms. The lowest BCUT2D eigenvalue weighted by Gasteiger charge is -2.33. The van der Waals surface area contributed by atoms with E-state index in [-0.39, 0.29) is 0 Å². The van der Waals surface area contributed by atoms with Crippen molar-refractivity contribution in [2.24, 2.45) is 0 Å². The minimum Gasteiger partial charge on any atom is -0.382 e. The highest BCUT2D eigenvalue weighted by atomic mass is 35.5. The van der Waals surface area contributed by atoms with Gasteiger partial charge in [0.1, 0.15) is 0 Å². The fourth-order valence-corrected chi connectivity index (χ4v) is 3.62. The lowest BCUT2D eigenvalue weighted by atomic mass is 10.0. The van der Waals surface area contributed by atoms with Gasteiger partial charge in [-0.3, -0.25) is 9.88 Å². The molecule has 4 rings (SSSR count). The summed E-state index contributed by atoms with van der Waals surface area (Å²) in [5.74, 6) is 0. The summed E-state index contributed by atoms with van der Waals surface area (Å²) in [5, 5.41) is 6.93. The van der Waals surface area contributed by atoms with Gasteiger partial charge < -0.3 is 5.32 Å². The van der Waals surface area contributed by atoms with Crippen LogP contribution in [0.1, 0.15) is 18.4 Å². The van der Waals surface area contributed by atoms with Crippen molar-refractivity contribution in [3.05, 3.63) is 71.5 Å². The number of likely N-dealkylation sites (tertiary alicyclic amines) is 1. The number of anilines is 1. The molecule has 1 aliphatic heterocycles. The van der Waals surface area contributed by atoms with Crippen LogP contribution in [-0.4, -0.2) is 29.0 Å². The maximum Gasteiger partial charge on any atom is 0.0406 e. The van der Waals surface area contributed by atoms with Crippen LogP contribution >= 0.6 is 11.6 Å². The number of nitrogens with zero attached hydrogens (tertiary/aromatic N) is 2. The standard InChI is InChI=1S/C21H22ClN3/c22-19-4-1-16(2-5-19)15-25-11-8-20(9-12-25)24-21-6-3-18-14-23-10-7-17(18)13-21/h1-7,10,13-14,20,24H,8-9,11-12,15H2. The normalized spacial score (nSPS) is 16.2. The molecule has 0 unspecified atom stereocenters. The number of piperidine rings is 1. The molecule has 25 heavy (non-hydrogen) atoms. The molecule has 3 nitrogen and oxygen atoms in total. The smallest absolute Gasteiger partial charge is 0.0406 e. The maximum absolute atomic E-state index is 5.96. The summed E-state index contributed by atoms with van der Waals surface area (Å²) >= 11 is 5.96. The van der Waals surface area contributed by atoms with E-state index in [4.69, 9.17) is 11.6 Å². The van der Waals surface area contributed by atoms with Crippen LogP contribution in [0.15, 0.2) is 60.9 Å². The van der Waals surface area contributed by atoms with Crippen LogP contribution in [0, 0.1) is 0 Å². The van der Waals surface area contributed by atoms with Gasteiger partial charge in [0.05, 0.1) is 0 Å². The Morgan fingerprint density at radius 2 is 1.80 bits per heavy atom. The van der Waals surface area contributed by atoms with Gasteiger partial charge in [-0.05, 0) is 54.1 Å². The number of pyridine rings is 1. The Labute approximate surface area is 153 Å². The third kappa shape index (κ3) is 4.12. The predicted molar refractivity (Wildman–Crippen MR) is 105 cm³/mol. The van der Waals surface area contributed by atoms with Gasteiger partial charge in [0.15, 0.2) is 0 Å². The first-order valence-electron chi connectivity index (χ1n) is 8.83. The van der Waals surface area contributed by atoms with Gasteiger partial charge in [-0.25, -0.2) is 0 Å². The number of rotatable bonds is 4. The molecular formula is C21H22ClN3. The van der Waals surface area contributed by atoms with Crippen LogP contribution in [0.25, 0.3) is 10.8 Å². The van der Waals surface area contributed by atoms with Gasteiger partial charge in [0.2, 0.25) is 0 Å². The predicted octanol–water partition coefficient (Wildman–Crippen LogP) is 4.96. The van der Waals surface area contributed by atoms with Gasteiger partial charge in [-0.2, -0.15) is 0 Å². The lowest BCUT2D eigenvalue weighted by Crippen LogP contribution is -2.38. The Hall–Kier alpha value is -2.10. The number of nitrogens with one attached hydrogen (secondary N) is 1. The molecule has 4 heteroatoms. The SMILES string of the molecule is Clc1ccc(CN2CCC(Nc3ccc4cnccc4c3)CC2)cc1. The van der Waals surface area contributed by atoms with Crippen molar-refractivity contribution in [3.63, 3.8) is 0 Å². The average molecular weight is 352 g/mol. The minimum atomic E-state index is 0.542. The molecule has 0 spiro atoms. The Morgan fingerprint density at radius 1 is 1.00 bits per heavy atom. The van der Waals surface area contributed by atoms with E-state index in [2.05, 4.69) is 51.6 Å². The Bertz CT molecular complexity index is 839. The van der Waals surface area contributed by atoms with E-state index < -0.39 is 0 Å². The van der Waals surface area contributed by atoms with Crippen molar-refractivity contribution in [1.29, 1.82) is 0 Å². The fraction of sp³-hybridized carbons (Fsp3) is 0.286. The van der Waals surface area contributed by atoms with E-state index in [9.17, 15) is 0 Å². The first kappa shape index (κ1) is 16.4. The lowest BCUT2D eigenvalue weighted by molar-refractivity contribution is 0.211.